The highest BCUT2D eigenvalue weighted by Gasteiger charge is 2.28. The van der Waals surface area contributed by atoms with Crippen LogP contribution < -0.4 is 5.73 Å². The van der Waals surface area contributed by atoms with E-state index in [0.717, 1.165) is 12.5 Å². The molecule has 0 bridgehead atoms. The van der Waals surface area contributed by atoms with Gasteiger partial charge in [-0.05, 0) is 45.1 Å². The number of nitrogens with two attached hydrogens (primary N) is 1. The molecule has 0 saturated heterocycles. The molecule has 16 heavy (non-hydrogen) atoms. The van der Waals surface area contributed by atoms with Crippen LogP contribution in [0.25, 0.3) is 0 Å². The number of likely N-dealkylation sites (N-methyl/N-ethyl adjacent to an activating group) is 1. The Bertz CT molecular complexity index is 198. The van der Waals surface area contributed by atoms with Crippen molar-refractivity contribution in [3.05, 3.63) is 0 Å². The van der Waals surface area contributed by atoms with Gasteiger partial charge in [0.25, 0.3) is 0 Å². The third kappa shape index (κ3) is 3.72. The first-order chi connectivity index (χ1) is 7.58. The molecule has 1 aliphatic carbocycles. The van der Waals surface area contributed by atoms with E-state index in [-0.39, 0.29) is 12.6 Å². The van der Waals surface area contributed by atoms with Gasteiger partial charge in [0.15, 0.2) is 0 Å². The molecule has 3 N–H and O–H groups in total. The number of nitrogens with zero attached hydrogens (tertiary/aromatic N) is 1. The topological polar surface area (TPSA) is 49.5 Å². The van der Waals surface area contributed by atoms with Crippen LogP contribution in [0, 0.1) is 11.8 Å². The van der Waals surface area contributed by atoms with Crippen molar-refractivity contribution in [2.75, 3.05) is 20.2 Å². The summed E-state index contributed by atoms with van der Waals surface area (Å²) in [6, 6.07) is 0.602. The monoisotopic (exact) mass is 228 g/mol. The molecule has 0 aromatic heterocycles. The second-order valence-corrected chi connectivity index (χ2v) is 5.48. The Balaban J connectivity index is 2.44. The molecule has 1 rings (SSSR count). The van der Waals surface area contributed by atoms with Crippen LogP contribution in [0.2, 0.25) is 0 Å². The molecule has 0 aliphatic heterocycles. The molecule has 1 aliphatic rings. The van der Waals surface area contributed by atoms with E-state index in [0.29, 0.717) is 12.0 Å². The number of aliphatic hydroxyl groups is 1. The average molecular weight is 228 g/mol. The maximum atomic E-state index is 9.13. The number of hydrogen-bond donors (Lipinski definition) is 2. The van der Waals surface area contributed by atoms with Crippen molar-refractivity contribution in [1.82, 2.24) is 4.90 Å². The number of hydrogen-bond acceptors (Lipinski definition) is 3. The molecule has 0 aromatic rings. The zero-order valence-electron chi connectivity index (χ0n) is 11.0. The van der Waals surface area contributed by atoms with Crippen LogP contribution in [0.3, 0.4) is 0 Å². The fourth-order valence-electron chi connectivity index (χ4n) is 2.65. The van der Waals surface area contributed by atoms with Gasteiger partial charge in [0.2, 0.25) is 0 Å². The minimum Gasteiger partial charge on any atom is -0.395 e. The van der Waals surface area contributed by atoms with Crippen LogP contribution in [0.5, 0.6) is 0 Å². The van der Waals surface area contributed by atoms with Gasteiger partial charge in [0, 0.05) is 18.6 Å². The first-order valence-corrected chi connectivity index (χ1v) is 6.65. The standard InChI is InChI=1S/C13H28N2O/c1-4-11-5-6-13(14)12(7-11)8-15(3)10(2)9-16/h10-13,16H,4-9,14H2,1-3H3. The third-order valence-corrected chi connectivity index (χ3v) is 4.27. The van der Waals surface area contributed by atoms with Crippen LogP contribution in [0.1, 0.15) is 39.5 Å². The summed E-state index contributed by atoms with van der Waals surface area (Å²) >= 11 is 0. The molecule has 0 amide bonds. The Labute approximate surface area is 100 Å². The highest BCUT2D eigenvalue weighted by molar-refractivity contribution is 4.84. The summed E-state index contributed by atoms with van der Waals surface area (Å²) in [6.45, 7) is 5.60. The largest absolute Gasteiger partial charge is 0.395 e. The first-order valence-electron chi connectivity index (χ1n) is 6.65. The zero-order valence-corrected chi connectivity index (χ0v) is 11.0. The summed E-state index contributed by atoms with van der Waals surface area (Å²) < 4.78 is 0. The fourth-order valence-corrected chi connectivity index (χ4v) is 2.65. The van der Waals surface area contributed by atoms with Gasteiger partial charge in [-0.3, -0.25) is 0 Å². The SMILES string of the molecule is CCC1CCC(N)C(CN(C)C(C)CO)C1. The van der Waals surface area contributed by atoms with Gasteiger partial charge in [0.1, 0.15) is 0 Å². The highest BCUT2D eigenvalue weighted by Crippen LogP contribution is 2.30. The molecule has 4 unspecified atom stereocenters. The van der Waals surface area contributed by atoms with E-state index < -0.39 is 0 Å². The minimum absolute atomic E-state index is 0.232. The number of rotatable bonds is 5. The molecule has 0 heterocycles. The van der Waals surface area contributed by atoms with Crippen molar-refractivity contribution in [3.63, 3.8) is 0 Å². The summed E-state index contributed by atoms with van der Waals surface area (Å²) in [6.07, 6.45) is 5.01. The normalized spacial score (nSPS) is 33.0. The van der Waals surface area contributed by atoms with Crippen molar-refractivity contribution in [2.24, 2.45) is 17.6 Å². The summed E-state index contributed by atoms with van der Waals surface area (Å²) in [5.74, 6) is 1.47. The molecule has 0 radical (unpaired) electrons. The van der Waals surface area contributed by atoms with E-state index in [1.54, 1.807) is 0 Å². The molecule has 4 atom stereocenters. The van der Waals surface area contributed by atoms with Crippen molar-refractivity contribution >= 4 is 0 Å². The van der Waals surface area contributed by atoms with Gasteiger partial charge < -0.3 is 15.7 Å². The lowest BCUT2D eigenvalue weighted by Crippen LogP contribution is -2.45. The Kier molecular flexibility index (Phi) is 5.73. The van der Waals surface area contributed by atoms with E-state index in [2.05, 4.69) is 25.8 Å². The average Bonchev–Trinajstić information content (AvgIpc) is 2.30. The summed E-state index contributed by atoms with van der Waals surface area (Å²) in [5.41, 5.74) is 6.20. The minimum atomic E-state index is 0.232. The maximum absolute atomic E-state index is 9.13. The second-order valence-electron chi connectivity index (χ2n) is 5.48. The van der Waals surface area contributed by atoms with E-state index in [1.807, 2.05) is 0 Å². The molecule has 0 aromatic carbocycles. The smallest absolute Gasteiger partial charge is 0.0584 e. The Hall–Kier alpha value is -0.120. The fraction of sp³-hybridized carbons (Fsp3) is 1.00. The molecule has 1 saturated carbocycles. The predicted molar refractivity (Wildman–Crippen MR) is 68.3 cm³/mol. The molecule has 0 spiro atoms. The van der Waals surface area contributed by atoms with Crippen molar-refractivity contribution in [2.45, 2.75) is 51.6 Å². The van der Waals surface area contributed by atoms with Crippen molar-refractivity contribution in [1.29, 1.82) is 0 Å². The quantitative estimate of drug-likeness (QED) is 0.749. The van der Waals surface area contributed by atoms with Crippen LogP contribution in [0.4, 0.5) is 0 Å². The Morgan fingerprint density at radius 1 is 1.44 bits per heavy atom. The molecule has 96 valence electrons. The van der Waals surface area contributed by atoms with Gasteiger partial charge in [-0.15, -0.1) is 0 Å². The Morgan fingerprint density at radius 2 is 2.12 bits per heavy atom. The maximum Gasteiger partial charge on any atom is 0.0584 e. The third-order valence-electron chi connectivity index (χ3n) is 4.27. The van der Waals surface area contributed by atoms with Gasteiger partial charge >= 0.3 is 0 Å². The summed E-state index contributed by atoms with van der Waals surface area (Å²) in [5, 5.41) is 9.13. The van der Waals surface area contributed by atoms with Crippen LogP contribution in [-0.2, 0) is 0 Å². The highest BCUT2D eigenvalue weighted by atomic mass is 16.3. The van der Waals surface area contributed by atoms with E-state index >= 15 is 0 Å². The predicted octanol–water partition coefficient (Wildman–Crippen LogP) is 1.45. The van der Waals surface area contributed by atoms with Crippen LogP contribution >= 0.6 is 0 Å². The molecular formula is C13H28N2O. The molecule has 1 fully saturated rings. The molecule has 3 heteroatoms. The first kappa shape index (κ1) is 13.9. The van der Waals surface area contributed by atoms with Crippen LogP contribution in [0.15, 0.2) is 0 Å². The van der Waals surface area contributed by atoms with E-state index in [1.165, 1.54) is 25.7 Å². The van der Waals surface area contributed by atoms with Crippen molar-refractivity contribution < 1.29 is 5.11 Å². The van der Waals surface area contributed by atoms with Crippen molar-refractivity contribution in [3.8, 4) is 0 Å². The van der Waals surface area contributed by atoms with E-state index in [4.69, 9.17) is 10.8 Å². The molecule has 3 nitrogen and oxygen atoms in total. The van der Waals surface area contributed by atoms with Gasteiger partial charge in [-0.1, -0.05) is 13.3 Å². The van der Waals surface area contributed by atoms with Gasteiger partial charge in [0.05, 0.1) is 6.61 Å². The van der Waals surface area contributed by atoms with E-state index in [9.17, 15) is 0 Å². The summed E-state index contributed by atoms with van der Waals surface area (Å²) in [7, 11) is 2.09. The molecular weight excluding hydrogens is 200 g/mol. The zero-order chi connectivity index (χ0) is 12.1. The lowest BCUT2D eigenvalue weighted by Gasteiger charge is -2.37. The summed E-state index contributed by atoms with van der Waals surface area (Å²) in [4.78, 5) is 2.24. The lowest BCUT2D eigenvalue weighted by atomic mass is 9.77. The van der Waals surface area contributed by atoms with Crippen LogP contribution in [-0.4, -0.2) is 42.3 Å². The number of aliphatic hydroxyl groups excluding tert-OH is 1. The second kappa shape index (κ2) is 6.58. The van der Waals surface area contributed by atoms with Gasteiger partial charge in [-0.25, -0.2) is 0 Å². The lowest BCUT2D eigenvalue weighted by molar-refractivity contribution is 0.113. The van der Waals surface area contributed by atoms with Gasteiger partial charge in [-0.2, -0.15) is 0 Å². The Morgan fingerprint density at radius 3 is 2.69 bits per heavy atom.